The first-order valence-corrected chi connectivity index (χ1v) is 7.95. The summed E-state index contributed by atoms with van der Waals surface area (Å²) < 4.78 is 26.5. The van der Waals surface area contributed by atoms with Crippen molar-refractivity contribution in [3.8, 4) is 11.1 Å². The van der Waals surface area contributed by atoms with Crippen molar-refractivity contribution in [2.24, 2.45) is 0 Å². The molecule has 0 bridgehead atoms. The lowest BCUT2D eigenvalue weighted by atomic mass is 10.0. The Bertz CT molecular complexity index is 788. The third kappa shape index (κ3) is 4.67. The van der Waals surface area contributed by atoms with E-state index in [0.29, 0.717) is 5.56 Å². The molecule has 0 saturated carbocycles. The second kappa shape index (κ2) is 7.42. The van der Waals surface area contributed by atoms with Gasteiger partial charge in [-0.25, -0.2) is 8.78 Å². The van der Waals surface area contributed by atoms with Gasteiger partial charge in [-0.1, -0.05) is 49.2 Å². The van der Waals surface area contributed by atoms with E-state index in [-0.39, 0.29) is 0 Å². The second-order valence-electron chi connectivity index (χ2n) is 5.35. The lowest BCUT2D eigenvalue weighted by molar-refractivity contribution is 0.509. The Labute approximate surface area is 140 Å². The molecular formula is C20H18F2S. The van der Waals surface area contributed by atoms with Crippen LogP contribution in [0.5, 0.6) is 0 Å². The molecule has 0 aliphatic heterocycles. The van der Waals surface area contributed by atoms with Gasteiger partial charge in [0.25, 0.3) is 0 Å². The zero-order valence-corrected chi connectivity index (χ0v) is 14.0. The van der Waals surface area contributed by atoms with Crippen molar-refractivity contribution in [2.75, 3.05) is 0 Å². The Morgan fingerprint density at radius 2 is 1.65 bits per heavy atom. The summed E-state index contributed by atoms with van der Waals surface area (Å²) in [5, 5.41) is 0. The topological polar surface area (TPSA) is 0 Å². The molecule has 0 nitrogen and oxygen atoms in total. The summed E-state index contributed by atoms with van der Waals surface area (Å²) in [6.45, 7) is 11.8. The van der Waals surface area contributed by atoms with Gasteiger partial charge in [-0.15, -0.1) is 0 Å². The van der Waals surface area contributed by atoms with Gasteiger partial charge in [0.2, 0.25) is 0 Å². The normalized spacial score (nSPS) is 11.4. The van der Waals surface area contributed by atoms with E-state index >= 15 is 0 Å². The van der Waals surface area contributed by atoms with Crippen LogP contribution >= 0.6 is 11.8 Å². The minimum Gasteiger partial charge on any atom is -0.204 e. The van der Waals surface area contributed by atoms with Gasteiger partial charge in [0.1, 0.15) is 0 Å². The first kappa shape index (κ1) is 17.2. The molecule has 2 aromatic carbocycles. The fourth-order valence-corrected chi connectivity index (χ4v) is 2.81. The lowest BCUT2D eigenvalue weighted by Gasteiger charge is -2.08. The molecule has 0 N–H and O–H groups in total. The molecule has 0 aliphatic rings. The molecule has 118 valence electrons. The second-order valence-corrected chi connectivity index (χ2v) is 6.69. The van der Waals surface area contributed by atoms with Gasteiger partial charge in [-0.2, -0.15) is 0 Å². The van der Waals surface area contributed by atoms with Crippen LogP contribution in [0.1, 0.15) is 19.4 Å². The lowest BCUT2D eigenvalue weighted by Crippen LogP contribution is -1.86. The first-order chi connectivity index (χ1) is 10.9. The van der Waals surface area contributed by atoms with Crippen LogP contribution in [0, 0.1) is 11.6 Å². The van der Waals surface area contributed by atoms with Gasteiger partial charge >= 0.3 is 0 Å². The molecule has 0 heterocycles. The van der Waals surface area contributed by atoms with E-state index in [2.05, 4.69) is 13.2 Å². The van der Waals surface area contributed by atoms with Crippen molar-refractivity contribution < 1.29 is 8.78 Å². The molecule has 0 saturated heterocycles. The maximum Gasteiger partial charge on any atom is 0.159 e. The predicted molar refractivity (Wildman–Crippen MR) is 97.0 cm³/mol. The molecule has 23 heavy (non-hydrogen) atoms. The smallest absolute Gasteiger partial charge is 0.159 e. The molecular weight excluding hydrogens is 310 g/mol. The summed E-state index contributed by atoms with van der Waals surface area (Å²) in [7, 11) is 0. The Balaban J connectivity index is 2.40. The number of hydrogen-bond donors (Lipinski definition) is 0. The number of hydrogen-bond acceptors (Lipinski definition) is 1. The van der Waals surface area contributed by atoms with E-state index in [1.54, 1.807) is 17.8 Å². The van der Waals surface area contributed by atoms with Gasteiger partial charge in [-0.05, 0) is 65.3 Å². The van der Waals surface area contributed by atoms with Crippen LogP contribution in [0.4, 0.5) is 8.78 Å². The average Bonchev–Trinajstić information content (AvgIpc) is 2.49. The number of rotatable bonds is 5. The third-order valence-corrected chi connectivity index (χ3v) is 4.18. The number of thioether (sulfide) groups is 1. The molecule has 0 atom stereocenters. The van der Waals surface area contributed by atoms with Crippen LogP contribution in [-0.2, 0) is 0 Å². The third-order valence-electron chi connectivity index (χ3n) is 3.14. The van der Waals surface area contributed by atoms with Crippen molar-refractivity contribution in [3.05, 3.63) is 88.2 Å². The summed E-state index contributed by atoms with van der Waals surface area (Å²) >= 11 is 1.57. The SMILES string of the molecule is C=C(C)S/C(=C\c1cccc(-c2ccc(F)c(F)c2)c1)C(=C)C. The van der Waals surface area contributed by atoms with Gasteiger partial charge in [0.15, 0.2) is 11.6 Å². The minimum atomic E-state index is -0.844. The summed E-state index contributed by atoms with van der Waals surface area (Å²) in [6.07, 6.45) is 2.02. The van der Waals surface area contributed by atoms with E-state index in [9.17, 15) is 8.78 Å². The fraction of sp³-hybridized carbons (Fsp3) is 0.100. The highest BCUT2D eigenvalue weighted by molar-refractivity contribution is 8.07. The van der Waals surface area contributed by atoms with Crippen LogP contribution in [0.15, 0.2) is 71.0 Å². The number of allylic oxidation sites excluding steroid dienone is 2. The van der Waals surface area contributed by atoms with Gasteiger partial charge in [0, 0.05) is 4.91 Å². The number of benzene rings is 2. The Hall–Kier alpha value is -2.13. The molecule has 0 radical (unpaired) electrons. The zero-order chi connectivity index (χ0) is 17.0. The summed E-state index contributed by atoms with van der Waals surface area (Å²) in [5.74, 6) is -1.68. The zero-order valence-electron chi connectivity index (χ0n) is 13.2. The maximum absolute atomic E-state index is 13.4. The van der Waals surface area contributed by atoms with Crippen LogP contribution in [-0.4, -0.2) is 0 Å². The maximum atomic E-state index is 13.4. The van der Waals surface area contributed by atoms with Crippen molar-refractivity contribution in [1.29, 1.82) is 0 Å². The Kier molecular flexibility index (Phi) is 5.56. The highest BCUT2D eigenvalue weighted by Gasteiger charge is 2.06. The van der Waals surface area contributed by atoms with Gasteiger partial charge < -0.3 is 0 Å². The summed E-state index contributed by atoms with van der Waals surface area (Å²) in [5.41, 5.74) is 3.40. The number of halogens is 2. The molecule has 0 fully saturated rings. The van der Waals surface area contributed by atoms with Gasteiger partial charge in [0.05, 0.1) is 0 Å². The Morgan fingerprint density at radius 3 is 2.26 bits per heavy atom. The van der Waals surface area contributed by atoms with Crippen molar-refractivity contribution in [2.45, 2.75) is 13.8 Å². The molecule has 0 aliphatic carbocycles. The standard InChI is InChI=1S/C20H18F2S/c1-13(2)20(23-14(3)4)11-15-6-5-7-16(10-15)17-8-9-18(21)19(22)12-17/h5-12H,1,3H2,2,4H3/b20-11-. The molecule has 0 unspecified atom stereocenters. The van der Waals surface area contributed by atoms with Crippen LogP contribution in [0.25, 0.3) is 17.2 Å². The van der Waals surface area contributed by atoms with Crippen LogP contribution in [0.2, 0.25) is 0 Å². The van der Waals surface area contributed by atoms with Crippen molar-refractivity contribution in [1.82, 2.24) is 0 Å². The molecule has 0 spiro atoms. The van der Waals surface area contributed by atoms with E-state index in [1.807, 2.05) is 44.2 Å². The highest BCUT2D eigenvalue weighted by Crippen LogP contribution is 2.31. The summed E-state index contributed by atoms with van der Waals surface area (Å²) in [4.78, 5) is 2.01. The van der Waals surface area contributed by atoms with E-state index in [1.165, 1.54) is 6.07 Å². The van der Waals surface area contributed by atoms with Crippen molar-refractivity contribution in [3.63, 3.8) is 0 Å². The molecule has 0 aromatic heterocycles. The fourth-order valence-electron chi connectivity index (χ4n) is 2.06. The molecule has 2 rings (SSSR count). The minimum absolute atomic E-state index is 0.642. The molecule has 0 amide bonds. The van der Waals surface area contributed by atoms with Crippen LogP contribution in [0.3, 0.4) is 0 Å². The van der Waals surface area contributed by atoms with Crippen LogP contribution < -0.4 is 0 Å². The summed E-state index contributed by atoms with van der Waals surface area (Å²) in [6, 6.07) is 11.6. The monoisotopic (exact) mass is 328 g/mol. The average molecular weight is 328 g/mol. The largest absolute Gasteiger partial charge is 0.204 e. The quantitative estimate of drug-likeness (QED) is 0.543. The van der Waals surface area contributed by atoms with E-state index < -0.39 is 11.6 Å². The molecule has 2 aromatic rings. The Morgan fingerprint density at radius 1 is 0.957 bits per heavy atom. The van der Waals surface area contributed by atoms with E-state index in [4.69, 9.17) is 0 Å². The molecule has 3 heteroatoms. The van der Waals surface area contributed by atoms with Crippen molar-refractivity contribution >= 4 is 17.8 Å². The van der Waals surface area contributed by atoms with E-state index in [0.717, 1.165) is 32.6 Å². The van der Waals surface area contributed by atoms with Gasteiger partial charge in [-0.3, -0.25) is 0 Å². The highest BCUT2D eigenvalue weighted by atomic mass is 32.2. The first-order valence-electron chi connectivity index (χ1n) is 7.13. The predicted octanol–water partition coefficient (Wildman–Crippen LogP) is 6.82.